The predicted octanol–water partition coefficient (Wildman–Crippen LogP) is -1.48. The van der Waals surface area contributed by atoms with E-state index < -0.39 is 11.1 Å². The van der Waals surface area contributed by atoms with Gasteiger partial charge in [0.15, 0.2) is 0 Å². The summed E-state index contributed by atoms with van der Waals surface area (Å²) in [5, 5.41) is 23.6. The Bertz CT molecular complexity index is 75.6. The van der Waals surface area contributed by atoms with Crippen LogP contribution < -0.4 is 5.11 Å². The topological polar surface area (TPSA) is 106 Å². The molecule has 0 heterocycles. The van der Waals surface area contributed by atoms with Gasteiger partial charge in [-0.1, -0.05) is 0 Å². The summed E-state index contributed by atoms with van der Waals surface area (Å²) in [4.78, 5) is 17.1. The maximum atomic E-state index is 8.89. The van der Waals surface area contributed by atoms with Crippen LogP contribution in [0.1, 0.15) is 6.92 Å². The molecule has 10 heavy (non-hydrogen) atoms. The van der Waals surface area contributed by atoms with Crippen LogP contribution in [0, 0.1) is 98.8 Å². The third kappa shape index (κ3) is 330. The minimum Gasteiger partial charge on any atom is -0.550 e. The van der Waals surface area contributed by atoms with Gasteiger partial charge in [-0.2, -0.15) is 0 Å². The molecule has 0 fully saturated rings. The fraction of sp³-hybridized carbons (Fsp3) is 0.500. The molecule has 0 aliphatic rings. The molecule has 0 bridgehead atoms. The molecule has 6 nitrogen and oxygen atoms in total. The van der Waals surface area contributed by atoms with Crippen molar-refractivity contribution in [2.24, 2.45) is 0 Å². The monoisotopic (exact) mass is 401 g/mol. The van der Waals surface area contributed by atoms with E-state index in [9.17, 15) is 0 Å². The summed E-state index contributed by atoms with van der Waals surface area (Å²) in [6, 6.07) is 0. The van der Waals surface area contributed by atoms with Gasteiger partial charge < -0.3 is 25.2 Å². The molecule has 0 saturated heterocycles. The van der Waals surface area contributed by atoms with E-state index in [1.807, 2.05) is 0 Å². The van der Waals surface area contributed by atoms with Crippen LogP contribution in [-0.4, -0.2) is 11.1 Å². The van der Waals surface area contributed by atoms with E-state index in [1.165, 1.54) is 0 Å². The van der Waals surface area contributed by atoms with Crippen LogP contribution in [0.25, 0.3) is 0 Å². The van der Waals surface area contributed by atoms with Crippen LogP contribution in [0.15, 0.2) is 0 Å². The first-order valence-electron chi connectivity index (χ1n) is 1.46. The van der Waals surface area contributed by atoms with Gasteiger partial charge in [0, 0.05) is 5.97 Å². The average Bonchev–Trinajstić information content (AvgIpc) is 1.25. The fourth-order valence-corrected chi connectivity index (χ4v) is 0. The minimum absolute atomic E-state index is 0. The van der Waals surface area contributed by atoms with Gasteiger partial charge in [-0.05, 0) is 6.92 Å². The molecule has 0 amide bonds. The Hall–Kier alpha value is 1.42. The number of carbonyl (C=O) groups excluding carboxylic acids is 1. The number of carboxylic acid groups (broad SMARTS) is 1. The van der Waals surface area contributed by atoms with E-state index in [0.717, 1.165) is 6.92 Å². The largest absolute Gasteiger partial charge is 3.00 e. The van der Waals surface area contributed by atoms with Gasteiger partial charge in [0.2, 0.25) is 0 Å². The van der Waals surface area contributed by atoms with Crippen molar-refractivity contribution in [2.45, 2.75) is 6.92 Å². The van der Waals surface area contributed by atoms with E-state index >= 15 is 0 Å². The maximum absolute atomic E-state index is 8.89. The first-order valence-corrected chi connectivity index (χ1v) is 1.46. The molecule has 0 aliphatic carbocycles. The molecule has 0 saturated carbocycles. The van der Waals surface area contributed by atoms with Crippen molar-refractivity contribution in [1.82, 2.24) is 0 Å². The van der Waals surface area contributed by atoms with Crippen molar-refractivity contribution >= 4 is 5.97 Å². The molecule has 0 atom stereocenters. The molecule has 0 spiro atoms. The van der Waals surface area contributed by atoms with Crippen LogP contribution in [0.3, 0.4) is 0 Å². The second-order valence-corrected chi connectivity index (χ2v) is 0.715. The molecule has 0 aromatic rings. The Kier molecular flexibility index (Phi) is 37.8. The number of carboxylic acids is 1. The van der Waals surface area contributed by atoms with Gasteiger partial charge in [0.25, 0.3) is 0 Å². The van der Waals surface area contributed by atoms with Crippen molar-refractivity contribution in [1.29, 1.82) is 0 Å². The van der Waals surface area contributed by atoms with Crippen molar-refractivity contribution in [3.63, 3.8) is 0 Å². The Balaban J connectivity index is -0.0000000300. The first kappa shape index (κ1) is 22.5. The van der Waals surface area contributed by atoms with Crippen LogP contribution >= 0.6 is 0 Å². The van der Waals surface area contributed by atoms with E-state index in [1.54, 1.807) is 0 Å². The van der Waals surface area contributed by atoms with Gasteiger partial charge in [-0.25, -0.2) is 0 Å². The SMILES string of the molecule is CC(=O)[O-].O=[N+]([O-])[O-].[Ce+3].[Ce+3]. The molecule has 0 aromatic carbocycles. The third-order valence-corrected chi connectivity index (χ3v) is 0. The predicted molar refractivity (Wildman–Crippen MR) is 21.0 cm³/mol. The standard InChI is InChI=1S/C2H4O2.2Ce.NO3/c1-2(3)4;;;2-1(3)4/h1H3,(H,3,4);;;/q;2*+3;-1/p-1. The molecule has 50 valence electrons. The molecule has 0 N–H and O–H groups in total. The zero-order valence-electron chi connectivity index (χ0n) is 4.99. The Morgan fingerprint density at radius 3 is 1.30 bits per heavy atom. The number of nitrogens with zero attached hydrogens (tertiary/aromatic N) is 1. The quantitative estimate of drug-likeness (QED) is 0.364. The number of hydrogen-bond acceptors (Lipinski definition) is 5. The van der Waals surface area contributed by atoms with Crippen molar-refractivity contribution < 1.29 is 98.5 Å². The number of carbonyl (C=O) groups is 1. The molecular weight excluding hydrogens is 398 g/mol. The molecular formula is C2H3Ce2NO5+4. The Labute approximate surface area is 124 Å². The van der Waals surface area contributed by atoms with Crippen LogP contribution in [0.2, 0.25) is 0 Å². The van der Waals surface area contributed by atoms with Crippen LogP contribution in [0.5, 0.6) is 0 Å². The van der Waals surface area contributed by atoms with Gasteiger partial charge in [-0.3, -0.25) is 0 Å². The van der Waals surface area contributed by atoms with Crippen LogP contribution in [0.4, 0.5) is 0 Å². The second kappa shape index (κ2) is 16.8. The van der Waals surface area contributed by atoms with Gasteiger partial charge in [0.1, 0.15) is 0 Å². The van der Waals surface area contributed by atoms with E-state index in [2.05, 4.69) is 0 Å². The number of aliphatic carboxylic acids is 1. The Morgan fingerprint density at radius 1 is 1.30 bits per heavy atom. The minimum atomic E-state index is -1.75. The van der Waals surface area contributed by atoms with Gasteiger partial charge in [0.05, 0.1) is 5.09 Å². The van der Waals surface area contributed by atoms with E-state index in [4.69, 9.17) is 25.2 Å². The summed E-state index contributed by atoms with van der Waals surface area (Å²) in [5.74, 6) is -1.08. The third-order valence-electron chi connectivity index (χ3n) is 0. The van der Waals surface area contributed by atoms with Crippen molar-refractivity contribution in [2.75, 3.05) is 0 Å². The molecule has 0 unspecified atom stereocenters. The number of hydrogen-bond donors (Lipinski definition) is 0. The molecule has 0 aliphatic heterocycles. The normalized spacial score (nSPS) is 4.90. The molecule has 0 aromatic heterocycles. The summed E-state index contributed by atoms with van der Waals surface area (Å²) in [7, 11) is 0. The molecule has 0 rings (SSSR count). The van der Waals surface area contributed by atoms with Gasteiger partial charge >= 0.3 is 83.5 Å². The summed E-state index contributed by atoms with van der Waals surface area (Å²) in [6.07, 6.45) is 0. The first-order chi connectivity index (χ1) is 3.46. The summed E-state index contributed by atoms with van der Waals surface area (Å²) in [6.45, 7) is 0.972. The average molecular weight is 401 g/mol. The smallest absolute Gasteiger partial charge is 0.550 e. The Morgan fingerprint density at radius 2 is 1.30 bits per heavy atom. The molecule has 8 heteroatoms. The fourth-order valence-electron chi connectivity index (χ4n) is 0. The van der Waals surface area contributed by atoms with Gasteiger partial charge in [-0.15, -0.1) is 0 Å². The zero-order chi connectivity index (χ0) is 7.15. The second-order valence-electron chi connectivity index (χ2n) is 0.715. The number of rotatable bonds is 0. The zero-order valence-corrected chi connectivity index (χ0v) is 11.3. The maximum Gasteiger partial charge on any atom is 3.00 e. The van der Waals surface area contributed by atoms with E-state index in [0.29, 0.717) is 0 Å². The summed E-state index contributed by atoms with van der Waals surface area (Å²) in [5.41, 5.74) is 0. The van der Waals surface area contributed by atoms with Crippen molar-refractivity contribution in [3.8, 4) is 0 Å². The van der Waals surface area contributed by atoms with E-state index in [-0.39, 0.29) is 83.5 Å². The van der Waals surface area contributed by atoms with Crippen LogP contribution in [-0.2, 0) is 4.79 Å². The molecule has 2 radical (unpaired) electrons. The summed E-state index contributed by atoms with van der Waals surface area (Å²) >= 11 is 0. The summed E-state index contributed by atoms with van der Waals surface area (Å²) < 4.78 is 0. The van der Waals surface area contributed by atoms with Crippen molar-refractivity contribution in [3.05, 3.63) is 15.3 Å².